The molecule has 0 spiro atoms. The zero-order chi connectivity index (χ0) is 99.3. The molecule has 0 aromatic carbocycles. The molecule has 800 valence electrons. The molecular weight excluding hydrogens is 1630 g/mol. The molecule has 0 saturated carbocycles. The fourth-order valence-electron chi connectivity index (χ4n) is 24.3. The van der Waals surface area contributed by atoms with E-state index in [0.29, 0.717) is 16.2 Å². The molecule has 0 aromatic rings. The van der Waals surface area contributed by atoms with Crippen molar-refractivity contribution >= 4 is 0 Å². The molecule has 4 rings (SSSR count). The van der Waals surface area contributed by atoms with Crippen molar-refractivity contribution in [1.82, 2.24) is 0 Å². The molecule has 0 fully saturated rings. The van der Waals surface area contributed by atoms with Crippen LogP contribution in [0.4, 0.5) is 0 Å². The van der Waals surface area contributed by atoms with Gasteiger partial charge in [-0.2, -0.15) is 0 Å². The van der Waals surface area contributed by atoms with Crippen LogP contribution in [0.1, 0.15) is 754 Å². The van der Waals surface area contributed by atoms with Crippen molar-refractivity contribution in [2.75, 3.05) is 0 Å². The monoisotopic (exact) mass is 1890 g/mol. The van der Waals surface area contributed by atoms with E-state index in [4.69, 9.17) is 0 Å². The number of rotatable bonds is 98. The van der Waals surface area contributed by atoms with Gasteiger partial charge in [-0.3, -0.25) is 0 Å². The van der Waals surface area contributed by atoms with Gasteiger partial charge in [-0.05, 0) is 177 Å². The van der Waals surface area contributed by atoms with Crippen LogP contribution in [0.15, 0.2) is 91.7 Å². The van der Waals surface area contributed by atoms with Crippen LogP contribution in [-0.2, 0) is 0 Å². The zero-order valence-corrected chi connectivity index (χ0v) is 97.8. The number of unbranched alkanes of at least 4 members (excludes halogenated alkanes) is 74. The molecule has 0 N–H and O–H groups in total. The quantitative estimate of drug-likeness (QED) is 0.0533. The first-order valence-corrected chi connectivity index (χ1v) is 64.3. The maximum Gasteiger partial charge on any atom is 0.0102 e. The van der Waals surface area contributed by atoms with E-state index in [1.807, 2.05) is 33.4 Å². The average Bonchev–Trinajstić information content (AvgIpc) is 1.62. The molecular formula is C136H256. The molecule has 0 nitrogen and oxygen atoms in total. The minimum atomic E-state index is 0.318. The fourth-order valence-corrected chi connectivity index (χ4v) is 24.3. The lowest BCUT2D eigenvalue weighted by molar-refractivity contribution is 0.342. The topological polar surface area (TPSA) is 0 Å². The van der Waals surface area contributed by atoms with Crippen molar-refractivity contribution in [1.29, 1.82) is 0 Å². The van der Waals surface area contributed by atoms with Gasteiger partial charge in [0.2, 0.25) is 0 Å². The molecule has 4 aliphatic rings. The van der Waals surface area contributed by atoms with Crippen LogP contribution in [0.2, 0.25) is 0 Å². The molecule has 0 bridgehead atoms. The number of allylic oxidation sites excluding steroid dienone is 16. The average molecular weight is 1890 g/mol. The summed E-state index contributed by atoms with van der Waals surface area (Å²) in [5.41, 5.74) is 20.8. The lowest BCUT2D eigenvalue weighted by Crippen LogP contribution is -2.20. The Balaban J connectivity index is 0.000000923. The summed E-state index contributed by atoms with van der Waals surface area (Å²) in [6.07, 6.45) is 152. The maximum absolute atomic E-state index is 2.74. The van der Waals surface area contributed by atoms with Crippen molar-refractivity contribution in [3.8, 4) is 0 Å². The Morgan fingerprint density at radius 1 is 0.199 bits per heavy atom. The highest BCUT2D eigenvalue weighted by Gasteiger charge is 2.38. The van der Waals surface area contributed by atoms with Crippen molar-refractivity contribution in [2.24, 2.45) is 22.2 Å². The highest BCUT2D eigenvalue weighted by atomic mass is 14.4. The highest BCUT2D eigenvalue weighted by molar-refractivity contribution is 5.50. The number of hydrogen-bond acceptors (Lipinski definition) is 0. The summed E-state index contributed by atoms with van der Waals surface area (Å²) in [5.74, 6) is 0.739. The van der Waals surface area contributed by atoms with Gasteiger partial charge >= 0.3 is 0 Å². The Morgan fingerprint density at radius 3 is 0.669 bits per heavy atom. The summed E-state index contributed by atoms with van der Waals surface area (Å²) >= 11 is 0. The highest BCUT2D eigenvalue weighted by Crippen LogP contribution is 2.53. The zero-order valence-electron chi connectivity index (χ0n) is 97.8. The molecule has 0 aliphatic heterocycles. The molecule has 0 amide bonds. The van der Waals surface area contributed by atoms with E-state index in [0.717, 1.165) is 5.92 Å². The Kier molecular flexibility index (Phi) is 93.5. The van der Waals surface area contributed by atoms with E-state index >= 15 is 0 Å². The summed E-state index contributed by atoms with van der Waals surface area (Å²) in [7, 11) is 0. The lowest BCUT2D eigenvalue weighted by Gasteiger charge is -2.33. The molecule has 136 heavy (non-hydrogen) atoms. The Hall–Kier alpha value is -2.08. The number of hydrogen-bond donors (Lipinski definition) is 0. The lowest BCUT2D eigenvalue weighted by atomic mass is 9.72. The minimum Gasteiger partial charge on any atom is -0.0745 e. The first kappa shape index (κ1) is 132. The Morgan fingerprint density at radius 2 is 0.404 bits per heavy atom. The third kappa shape index (κ3) is 67.6. The van der Waals surface area contributed by atoms with Crippen LogP contribution < -0.4 is 0 Å². The van der Waals surface area contributed by atoms with Crippen LogP contribution in [0.3, 0.4) is 0 Å². The molecule has 1 unspecified atom stereocenters. The molecule has 0 radical (unpaired) electrons. The summed E-state index contributed by atoms with van der Waals surface area (Å²) in [6.45, 7) is 42.6. The van der Waals surface area contributed by atoms with E-state index in [1.54, 1.807) is 27.9 Å². The van der Waals surface area contributed by atoms with Crippen molar-refractivity contribution in [3.63, 3.8) is 0 Å². The van der Waals surface area contributed by atoms with E-state index in [2.05, 4.69) is 155 Å². The van der Waals surface area contributed by atoms with E-state index < -0.39 is 0 Å². The Labute approximate surface area is 861 Å². The van der Waals surface area contributed by atoms with E-state index in [9.17, 15) is 0 Å². The molecule has 1 atom stereocenters. The predicted molar refractivity (Wildman–Crippen MR) is 627 cm³/mol. The van der Waals surface area contributed by atoms with Crippen LogP contribution in [-0.4, -0.2) is 0 Å². The van der Waals surface area contributed by atoms with Crippen molar-refractivity contribution in [3.05, 3.63) is 91.7 Å². The largest absolute Gasteiger partial charge is 0.0745 e. The summed E-state index contributed by atoms with van der Waals surface area (Å²) in [4.78, 5) is 0. The van der Waals surface area contributed by atoms with Crippen LogP contribution in [0.25, 0.3) is 0 Å². The third-order valence-electron chi connectivity index (χ3n) is 33.6. The smallest absolute Gasteiger partial charge is 0.0102 e. The van der Waals surface area contributed by atoms with Crippen molar-refractivity contribution < 1.29 is 0 Å². The van der Waals surface area contributed by atoms with Gasteiger partial charge in [0.15, 0.2) is 0 Å². The molecule has 0 saturated heterocycles. The fraction of sp³-hybridized carbons (Fsp3) is 0.882. The van der Waals surface area contributed by atoms with E-state index in [-0.39, 0.29) is 0 Å². The third-order valence-corrected chi connectivity index (χ3v) is 33.6. The maximum atomic E-state index is 2.74. The molecule has 0 aromatic heterocycles. The second kappa shape index (κ2) is 96.4. The second-order valence-corrected chi connectivity index (χ2v) is 46.7. The summed E-state index contributed by atoms with van der Waals surface area (Å²) in [6, 6.07) is 0. The summed E-state index contributed by atoms with van der Waals surface area (Å²) < 4.78 is 0. The van der Waals surface area contributed by atoms with Crippen LogP contribution in [0, 0.1) is 22.2 Å². The van der Waals surface area contributed by atoms with Gasteiger partial charge in [-0.25, -0.2) is 0 Å². The van der Waals surface area contributed by atoms with Crippen LogP contribution >= 0.6 is 0 Å². The standard InChI is InChI=1S/C44H84.C34H64.C33H62.C25H46/c1-6-10-14-18-22-25-29-33-37-42-40(5)41(36-32-28-21-17-13-9-4)43(38-34-30-26-23-19-15-11-7-2)44(42)39-35-31-27-24-20-16-12-8-3;1-5-8-11-14-17-19-22-25-29-34(30-26-23-20-18-15-12-9-6-2)31-28-32(4)33(34)27-24-21-16-13-10-7-3;1-6-9-12-15-18-19-20-23-26-32-31(5)30(4)29-33(32,27-24-21-16-13-10-7-2)28-25-22-17-14-11-8-3;1-5-7-9-11-13-14-16-18-20-24-23(21-22-25(24,3)4)19-17-15-12-10-8-6-2/h40H,6-39H2,1-5H3;28,31H,5-27,29-30H2,1-4H3;29H,6-28H2,1-5H3;21-22H,5-20H2,1-4H3. The van der Waals surface area contributed by atoms with Crippen LogP contribution in [0.5, 0.6) is 0 Å². The first-order valence-electron chi connectivity index (χ1n) is 64.3. The normalized spacial score (nSPS) is 15.5. The second-order valence-electron chi connectivity index (χ2n) is 46.7. The van der Waals surface area contributed by atoms with Gasteiger partial charge < -0.3 is 0 Å². The molecule has 4 aliphatic carbocycles. The minimum absolute atomic E-state index is 0.318. The Bertz CT molecular complexity index is 2810. The van der Waals surface area contributed by atoms with Gasteiger partial charge in [0.05, 0.1) is 0 Å². The van der Waals surface area contributed by atoms with Crippen molar-refractivity contribution in [2.45, 2.75) is 754 Å². The first-order chi connectivity index (χ1) is 66.6. The molecule has 0 heterocycles. The van der Waals surface area contributed by atoms with E-state index in [1.165, 1.54) is 629 Å². The SMILES string of the molecule is CCCCCCCCCCC1(CCCCCCCCCC)C=CC(C)=C1CCCCCCCC.CCCCCCCCCCC1=C(C)C(C)=CC1(CCCCCCCC)CCCCCCCC.CCCCCCCCCCC1=C(CCCCCCCC)C(C)C(CCCCCCCCCC)=C1CCCCCCCCCC.CCCCCCCCCCC1=C(CCCCCCCC)C=CC1(C)C. The predicted octanol–water partition coefficient (Wildman–Crippen LogP) is 50.7. The molecule has 0 heteroatoms. The summed E-state index contributed by atoms with van der Waals surface area (Å²) in [5, 5.41) is 0. The van der Waals surface area contributed by atoms with Gasteiger partial charge in [0.25, 0.3) is 0 Å². The van der Waals surface area contributed by atoms with Gasteiger partial charge in [0, 0.05) is 16.2 Å². The van der Waals surface area contributed by atoms with Gasteiger partial charge in [-0.1, -0.05) is 674 Å². The van der Waals surface area contributed by atoms with Gasteiger partial charge in [0.1, 0.15) is 0 Å². The van der Waals surface area contributed by atoms with Gasteiger partial charge in [-0.15, -0.1) is 0 Å².